The summed E-state index contributed by atoms with van der Waals surface area (Å²) in [4.78, 5) is 28.4. The van der Waals surface area contributed by atoms with E-state index in [0.717, 1.165) is 13.1 Å². The van der Waals surface area contributed by atoms with E-state index in [4.69, 9.17) is 4.74 Å². The van der Waals surface area contributed by atoms with Gasteiger partial charge in [-0.05, 0) is 32.3 Å². The molecule has 1 aromatic rings. The van der Waals surface area contributed by atoms with Crippen molar-refractivity contribution >= 4 is 17.5 Å². The lowest BCUT2D eigenvalue weighted by Gasteiger charge is -2.32. The first-order valence-corrected chi connectivity index (χ1v) is 7.65. The quantitative estimate of drug-likeness (QED) is 0.813. The number of amides is 2. The van der Waals surface area contributed by atoms with Crippen molar-refractivity contribution in [2.24, 2.45) is 0 Å². The van der Waals surface area contributed by atoms with Crippen LogP contribution in [0.3, 0.4) is 0 Å². The van der Waals surface area contributed by atoms with Crippen molar-refractivity contribution in [1.29, 1.82) is 0 Å². The highest BCUT2D eigenvalue weighted by atomic mass is 16.5. The number of nitrogens with zero attached hydrogens (tertiary/aromatic N) is 2. The van der Waals surface area contributed by atoms with Gasteiger partial charge in [0, 0.05) is 31.7 Å². The molecule has 0 aliphatic carbocycles. The smallest absolute Gasteiger partial charge is 0.254 e. The molecule has 126 valence electrons. The number of ether oxygens (including phenoxy) is 1. The average molecular weight is 320 g/mol. The molecular weight excluding hydrogens is 296 g/mol. The molecule has 0 bridgehead atoms. The number of benzene rings is 1. The third-order valence-corrected chi connectivity index (χ3v) is 3.85. The summed E-state index contributed by atoms with van der Waals surface area (Å²) < 4.78 is 5.25. The van der Waals surface area contributed by atoms with Gasteiger partial charge in [-0.3, -0.25) is 9.59 Å². The third-order valence-electron chi connectivity index (χ3n) is 3.85. The molecule has 1 fully saturated rings. The van der Waals surface area contributed by atoms with Gasteiger partial charge in [0.2, 0.25) is 5.91 Å². The lowest BCUT2D eigenvalue weighted by Crippen LogP contribution is -2.47. The Hall–Kier alpha value is -2.12. The Labute approximate surface area is 136 Å². The van der Waals surface area contributed by atoms with Crippen LogP contribution in [0, 0.1) is 0 Å². The van der Waals surface area contributed by atoms with Gasteiger partial charge in [0.15, 0.2) is 0 Å². The van der Waals surface area contributed by atoms with Crippen molar-refractivity contribution in [3.05, 3.63) is 23.8 Å². The van der Waals surface area contributed by atoms with Crippen molar-refractivity contribution in [2.75, 3.05) is 59.2 Å². The van der Waals surface area contributed by atoms with Crippen molar-refractivity contribution in [3.8, 4) is 5.75 Å². The minimum atomic E-state index is -0.185. The molecular formula is C16H24N4O3. The summed E-state index contributed by atoms with van der Waals surface area (Å²) in [6.07, 6.45) is 0. The number of piperazine rings is 1. The Morgan fingerprint density at radius 3 is 2.52 bits per heavy atom. The van der Waals surface area contributed by atoms with Gasteiger partial charge in [0.25, 0.3) is 5.91 Å². The summed E-state index contributed by atoms with van der Waals surface area (Å²) in [5.41, 5.74) is 1.06. The van der Waals surface area contributed by atoms with E-state index in [9.17, 15) is 9.59 Å². The van der Waals surface area contributed by atoms with Gasteiger partial charge in [-0.25, -0.2) is 0 Å². The van der Waals surface area contributed by atoms with E-state index in [-0.39, 0.29) is 18.4 Å². The van der Waals surface area contributed by atoms with Gasteiger partial charge in [0.05, 0.1) is 19.3 Å². The second-order valence-electron chi connectivity index (χ2n) is 5.59. The molecule has 7 heteroatoms. The van der Waals surface area contributed by atoms with Crippen molar-refractivity contribution in [2.45, 2.75) is 0 Å². The first kappa shape index (κ1) is 17.2. The summed E-state index contributed by atoms with van der Waals surface area (Å²) in [6.45, 7) is 3.35. The molecule has 1 aliphatic rings. The van der Waals surface area contributed by atoms with Crippen molar-refractivity contribution in [1.82, 2.24) is 15.1 Å². The first-order chi connectivity index (χ1) is 11.0. The fraction of sp³-hybridized carbons (Fsp3) is 0.500. The fourth-order valence-corrected chi connectivity index (χ4v) is 2.49. The van der Waals surface area contributed by atoms with Crippen molar-refractivity contribution in [3.63, 3.8) is 0 Å². The van der Waals surface area contributed by atoms with Crippen LogP contribution in [-0.4, -0.2) is 75.5 Å². The standard InChI is InChI=1S/C16H24N4O3/c1-17-11-15(21)18-13-10-12(4-5-14(13)23-3)16(22)20-8-6-19(2)7-9-20/h4-5,10,17H,6-9,11H2,1-3H3,(H,18,21). The van der Waals surface area contributed by atoms with Gasteiger partial charge in [-0.1, -0.05) is 0 Å². The zero-order valence-electron chi connectivity index (χ0n) is 13.9. The van der Waals surface area contributed by atoms with E-state index in [1.54, 1.807) is 25.2 Å². The molecule has 2 rings (SSSR count). The Balaban J connectivity index is 2.16. The number of nitrogens with one attached hydrogen (secondary N) is 2. The van der Waals surface area contributed by atoms with Gasteiger partial charge in [-0.2, -0.15) is 0 Å². The van der Waals surface area contributed by atoms with Crippen LogP contribution < -0.4 is 15.4 Å². The molecule has 0 atom stereocenters. The van der Waals surface area contributed by atoms with E-state index < -0.39 is 0 Å². The van der Waals surface area contributed by atoms with E-state index in [0.29, 0.717) is 30.1 Å². The maximum atomic E-state index is 12.6. The molecule has 0 radical (unpaired) electrons. The van der Waals surface area contributed by atoms with Gasteiger partial charge >= 0.3 is 0 Å². The maximum absolute atomic E-state index is 12.6. The molecule has 0 spiro atoms. The molecule has 7 nitrogen and oxygen atoms in total. The molecule has 2 N–H and O–H groups in total. The SMILES string of the molecule is CNCC(=O)Nc1cc(C(=O)N2CCN(C)CC2)ccc1OC. The fourth-order valence-electron chi connectivity index (χ4n) is 2.49. The molecule has 0 saturated carbocycles. The number of methoxy groups -OCH3 is 1. The zero-order valence-corrected chi connectivity index (χ0v) is 13.9. The predicted octanol–water partition coefficient (Wildman–Crippen LogP) is 0.241. The Bertz CT molecular complexity index is 568. The molecule has 1 aromatic carbocycles. The van der Waals surface area contributed by atoms with Gasteiger partial charge < -0.3 is 25.2 Å². The normalized spacial score (nSPS) is 15.3. The first-order valence-electron chi connectivity index (χ1n) is 7.65. The Kier molecular flexibility index (Phi) is 5.95. The molecule has 1 saturated heterocycles. The number of hydrogen-bond donors (Lipinski definition) is 2. The minimum absolute atomic E-state index is 0.0233. The summed E-state index contributed by atoms with van der Waals surface area (Å²) in [7, 11) is 5.28. The van der Waals surface area contributed by atoms with E-state index >= 15 is 0 Å². The Morgan fingerprint density at radius 2 is 1.91 bits per heavy atom. The summed E-state index contributed by atoms with van der Waals surface area (Å²) in [5.74, 6) is 0.323. The second kappa shape index (κ2) is 7.94. The highest BCUT2D eigenvalue weighted by molar-refractivity contribution is 5.98. The molecule has 1 aliphatic heterocycles. The van der Waals surface area contributed by atoms with E-state index in [2.05, 4.69) is 15.5 Å². The van der Waals surface area contributed by atoms with Crippen LogP contribution in [0.25, 0.3) is 0 Å². The molecule has 2 amide bonds. The highest BCUT2D eigenvalue weighted by Crippen LogP contribution is 2.26. The largest absolute Gasteiger partial charge is 0.495 e. The number of likely N-dealkylation sites (N-methyl/N-ethyl adjacent to an activating group) is 2. The second-order valence-corrected chi connectivity index (χ2v) is 5.59. The average Bonchev–Trinajstić information content (AvgIpc) is 2.55. The molecule has 0 unspecified atom stereocenters. The van der Waals surface area contributed by atoms with Crippen molar-refractivity contribution < 1.29 is 14.3 Å². The number of rotatable bonds is 5. The van der Waals surface area contributed by atoms with E-state index in [1.807, 2.05) is 11.9 Å². The number of anilines is 1. The lowest BCUT2D eigenvalue weighted by atomic mass is 10.1. The zero-order chi connectivity index (χ0) is 16.8. The van der Waals surface area contributed by atoms with E-state index in [1.165, 1.54) is 7.11 Å². The number of carbonyl (C=O) groups excluding carboxylic acids is 2. The van der Waals surface area contributed by atoms with Crippen LogP contribution in [0.1, 0.15) is 10.4 Å². The summed E-state index contributed by atoms with van der Waals surface area (Å²) >= 11 is 0. The topological polar surface area (TPSA) is 73.9 Å². The van der Waals surface area contributed by atoms with Crippen LogP contribution in [0.2, 0.25) is 0 Å². The van der Waals surface area contributed by atoms with Crippen LogP contribution in [0.4, 0.5) is 5.69 Å². The maximum Gasteiger partial charge on any atom is 0.254 e. The number of hydrogen-bond acceptors (Lipinski definition) is 5. The van der Waals surface area contributed by atoms with Crippen LogP contribution >= 0.6 is 0 Å². The minimum Gasteiger partial charge on any atom is -0.495 e. The number of carbonyl (C=O) groups is 2. The molecule has 0 aromatic heterocycles. The summed E-state index contributed by atoms with van der Waals surface area (Å²) in [5, 5.41) is 5.55. The summed E-state index contributed by atoms with van der Waals surface area (Å²) in [6, 6.07) is 5.11. The van der Waals surface area contributed by atoms with Crippen LogP contribution in [-0.2, 0) is 4.79 Å². The third kappa shape index (κ3) is 4.43. The van der Waals surface area contributed by atoms with Crippen LogP contribution in [0.15, 0.2) is 18.2 Å². The Morgan fingerprint density at radius 1 is 1.22 bits per heavy atom. The lowest BCUT2D eigenvalue weighted by molar-refractivity contribution is -0.115. The predicted molar refractivity (Wildman–Crippen MR) is 89.0 cm³/mol. The van der Waals surface area contributed by atoms with Crippen LogP contribution in [0.5, 0.6) is 5.75 Å². The monoisotopic (exact) mass is 320 g/mol. The highest BCUT2D eigenvalue weighted by Gasteiger charge is 2.21. The van der Waals surface area contributed by atoms with Gasteiger partial charge in [0.1, 0.15) is 5.75 Å². The van der Waals surface area contributed by atoms with Gasteiger partial charge in [-0.15, -0.1) is 0 Å². The molecule has 23 heavy (non-hydrogen) atoms. The molecule has 1 heterocycles.